The zero-order chi connectivity index (χ0) is 18.6. The van der Waals surface area contributed by atoms with Crippen molar-refractivity contribution >= 4 is 23.4 Å². The summed E-state index contributed by atoms with van der Waals surface area (Å²) in [5.74, 6) is 0.732. The molecule has 0 bridgehead atoms. The fourth-order valence-corrected chi connectivity index (χ4v) is 3.57. The molecule has 1 amide bonds. The number of fused-ring (bicyclic) bond motifs is 1. The molecule has 1 aromatic heterocycles. The van der Waals surface area contributed by atoms with Crippen molar-refractivity contribution in [3.8, 4) is 5.75 Å². The minimum absolute atomic E-state index is 0.144. The van der Waals surface area contributed by atoms with Gasteiger partial charge in [-0.3, -0.25) is 9.78 Å². The van der Waals surface area contributed by atoms with E-state index >= 15 is 0 Å². The summed E-state index contributed by atoms with van der Waals surface area (Å²) in [6, 6.07) is 11.0. The monoisotopic (exact) mass is 364 g/mol. The highest BCUT2D eigenvalue weighted by Crippen LogP contribution is 2.37. The normalized spacial score (nSPS) is 19.0. The lowest BCUT2D eigenvalue weighted by Crippen LogP contribution is -2.43. The van der Waals surface area contributed by atoms with Crippen LogP contribution in [0.25, 0.3) is 6.08 Å². The second-order valence-corrected chi connectivity index (χ2v) is 6.95. The van der Waals surface area contributed by atoms with E-state index in [2.05, 4.69) is 9.88 Å². The third-order valence-electron chi connectivity index (χ3n) is 5.01. The number of anilines is 2. The number of carbonyl (C=O) groups is 1. The number of hydrogen-bond acceptors (Lipinski definition) is 5. The van der Waals surface area contributed by atoms with Crippen LogP contribution < -0.4 is 15.4 Å². The van der Waals surface area contributed by atoms with Gasteiger partial charge in [-0.05, 0) is 50.2 Å². The number of carbonyl (C=O) groups excluding carboxylic acids is 1. The fourth-order valence-electron chi connectivity index (χ4n) is 3.57. The molecule has 0 spiro atoms. The third kappa shape index (κ3) is 3.95. The predicted molar refractivity (Wildman–Crippen MR) is 106 cm³/mol. The standard InChI is InChI=1S/C21H24N4O2/c22-16-7-8-18-19(14-16)27-20(15-17-6-2-3-9-23-17)21(26)25(18)13-12-24-10-4-1-5-11-24/h2-3,6-9,14-15H,1,4-5,10-13,22H2/b20-15+. The molecule has 6 nitrogen and oxygen atoms in total. The Bertz CT molecular complexity index is 845. The molecule has 6 heteroatoms. The Hall–Kier alpha value is -2.86. The van der Waals surface area contributed by atoms with Crippen LogP contribution in [-0.4, -0.2) is 42.0 Å². The zero-order valence-corrected chi connectivity index (χ0v) is 15.3. The van der Waals surface area contributed by atoms with Gasteiger partial charge < -0.3 is 20.3 Å². The summed E-state index contributed by atoms with van der Waals surface area (Å²) >= 11 is 0. The first kappa shape index (κ1) is 17.5. The molecular formula is C21H24N4O2. The number of likely N-dealkylation sites (tertiary alicyclic amines) is 1. The molecule has 0 aliphatic carbocycles. The Kier molecular flexibility index (Phi) is 5.07. The number of nitrogens with zero attached hydrogens (tertiary/aromatic N) is 3. The molecular weight excluding hydrogens is 340 g/mol. The number of pyridine rings is 1. The van der Waals surface area contributed by atoms with Gasteiger partial charge in [0.15, 0.2) is 11.5 Å². The van der Waals surface area contributed by atoms with E-state index in [1.807, 2.05) is 24.3 Å². The van der Waals surface area contributed by atoms with Crippen molar-refractivity contribution in [3.05, 3.63) is 54.0 Å². The van der Waals surface area contributed by atoms with Gasteiger partial charge in [-0.1, -0.05) is 12.5 Å². The van der Waals surface area contributed by atoms with Crippen LogP contribution in [0, 0.1) is 0 Å². The summed E-state index contributed by atoms with van der Waals surface area (Å²) in [7, 11) is 0. The molecule has 0 radical (unpaired) electrons. The van der Waals surface area contributed by atoms with E-state index < -0.39 is 0 Å². The lowest BCUT2D eigenvalue weighted by Gasteiger charge is -2.33. The van der Waals surface area contributed by atoms with Gasteiger partial charge >= 0.3 is 0 Å². The van der Waals surface area contributed by atoms with Crippen molar-refractivity contribution in [2.24, 2.45) is 0 Å². The van der Waals surface area contributed by atoms with Crippen LogP contribution in [0.4, 0.5) is 11.4 Å². The number of ether oxygens (including phenoxy) is 1. The van der Waals surface area contributed by atoms with Crippen LogP contribution in [0.15, 0.2) is 48.4 Å². The number of piperidine rings is 1. The fraction of sp³-hybridized carbons (Fsp3) is 0.333. The lowest BCUT2D eigenvalue weighted by atomic mass is 10.1. The van der Waals surface area contributed by atoms with Gasteiger partial charge in [0.25, 0.3) is 5.91 Å². The molecule has 3 heterocycles. The number of rotatable bonds is 4. The second kappa shape index (κ2) is 7.80. The van der Waals surface area contributed by atoms with E-state index in [1.54, 1.807) is 29.3 Å². The Balaban J connectivity index is 1.61. The number of aromatic nitrogens is 1. The van der Waals surface area contributed by atoms with E-state index in [1.165, 1.54) is 19.3 Å². The third-order valence-corrected chi connectivity index (χ3v) is 5.01. The van der Waals surface area contributed by atoms with Gasteiger partial charge in [0.2, 0.25) is 0 Å². The summed E-state index contributed by atoms with van der Waals surface area (Å²) in [5.41, 5.74) is 7.99. The first-order chi connectivity index (χ1) is 13.2. The van der Waals surface area contributed by atoms with Crippen molar-refractivity contribution in [1.29, 1.82) is 0 Å². The van der Waals surface area contributed by atoms with Crippen molar-refractivity contribution in [3.63, 3.8) is 0 Å². The van der Waals surface area contributed by atoms with Gasteiger partial charge in [0.05, 0.1) is 11.4 Å². The van der Waals surface area contributed by atoms with Gasteiger partial charge in [-0.15, -0.1) is 0 Å². The number of nitrogens with two attached hydrogens (primary N) is 1. The summed E-state index contributed by atoms with van der Waals surface area (Å²) in [5, 5.41) is 0. The molecule has 0 saturated carbocycles. The van der Waals surface area contributed by atoms with Gasteiger partial charge in [0, 0.05) is 37.1 Å². The van der Waals surface area contributed by atoms with Crippen molar-refractivity contribution < 1.29 is 9.53 Å². The highest BCUT2D eigenvalue weighted by Gasteiger charge is 2.30. The SMILES string of the molecule is Nc1ccc2c(c1)O/C(=C/c1ccccn1)C(=O)N2CCN1CCCCC1. The molecule has 140 valence electrons. The van der Waals surface area contributed by atoms with E-state index in [9.17, 15) is 4.79 Å². The van der Waals surface area contributed by atoms with Crippen LogP contribution in [0.5, 0.6) is 5.75 Å². The molecule has 2 aliphatic heterocycles. The largest absolute Gasteiger partial charge is 0.449 e. The summed E-state index contributed by atoms with van der Waals surface area (Å²) in [4.78, 5) is 21.6. The highest BCUT2D eigenvalue weighted by molar-refractivity contribution is 6.09. The predicted octanol–water partition coefficient (Wildman–Crippen LogP) is 2.92. The minimum atomic E-state index is -0.144. The lowest BCUT2D eigenvalue weighted by molar-refractivity contribution is -0.117. The Morgan fingerprint density at radius 1 is 1.11 bits per heavy atom. The Morgan fingerprint density at radius 2 is 1.96 bits per heavy atom. The molecule has 27 heavy (non-hydrogen) atoms. The number of nitrogen functional groups attached to an aromatic ring is 1. The molecule has 1 saturated heterocycles. The molecule has 1 aromatic carbocycles. The van der Waals surface area contributed by atoms with Crippen molar-refractivity contribution in [2.45, 2.75) is 19.3 Å². The molecule has 0 unspecified atom stereocenters. The summed E-state index contributed by atoms with van der Waals surface area (Å²) in [6.07, 6.45) is 7.14. The zero-order valence-electron chi connectivity index (χ0n) is 15.3. The van der Waals surface area contributed by atoms with Gasteiger partial charge in [-0.2, -0.15) is 0 Å². The van der Waals surface area contributed by atoms with E-state index in [-0.39, 0.29) is 11.7 Å². The minimum Gasteiger partial charge on any atom is -0.449 e. The number of amides is 1. The molecule has 0 atom stereocenters. The Morgan fingerprint density at radius 3 is 2.74 bits per heavy atom. The average Bonchev–Trinajstić information content (AvgIpc) is 2.70. The summed E-state index contributed by atoms with van der Waals surface area (Å²) in [6.45, 7) is 3.68. The van der Waals surface area contributed by atoms with Gasteiger partial charge in [-0.25, -0.2) is 0 Å². The molecule has 2 aliphatic rings. The molecule has 4 rings (SSSR count). The van der Waals surface area contributed by atoms with Crippen LogP contribution in [0.1, 0.15) is 25.0 Å². The average molecular weight is 364 g/mol. The maximum atomic E-state index is 13.1. The second-order valence-electron chi connectivity index (χ2n) is 6.95. The van der Waals surface area contributed by atoms with Crippen LogP contribution in [0.2, 0.25) is 0 Å². The van der Waals surface area contributed by atoms with E-state index in [4.69, 9.17) is 10.5 Å². The topological polar surface area (TPSA) is 71.7 Å². The first-order valence-electron chi connectivity index (χ1n) is 9.45. The number of benzene rings is 1. The van der Waals surface area contributed by atoms with Crippen LogP contribution in [-0.2, 0) is 4.79 Å². The smallest absolute Gasteiger partial charge is 0.294 e. The van der Waals surface area contributed by atoms with Crippen molar-refractivity contribution in [2.75, 3.05) is 36.8 Å². The molecule has 2 N–H and O–H groups in total. The Labute approximate surface area is 159 Å². The maximum Gasteiger partial charge on any atom is 0.294 e. The van der Waals surface area contributed by atoms with E-state index in [0.717, 1.165) is 25.3 Å². The highest BCUT2D eigenvalue weighted by atomic mass is 16.5. The van der Waals surface area contributed by atoms with Crippen LogP contribution in [0.3, 0.4) is 0 Å². The quantitative estimate of drug-likeness (QED) is 0.667. The van der Waals surface area contributed by atoms with Crippen LogP contribution >= 0.6 is 0 Å². The first-order valence-corrected chi connectivity index (χ1v) is 9.45. The summed E-state index contributed by atoms with van der Waals surface area (Å²) < 4.78 is 5.89. The number of hydrogen-bond donors (Lipinski definition) is 1. The molecule has 1 fully saturated rings. The van der Waals surface area contributed by atoms with Crippen molar-refractivity contribution in [1.82, 2.24) is 9.88 Å². The van der Waals surface area contributed by atoms with Gasteiger partial charge in [0.1, 0.15) is 0 Å². The molecule has 2 aromatic rings. The maximum absolute atomic E-state index is 13.1. The van der Waals surface area contributed by atoms with E-state index in [0.29, 0.717) is 23.7 Å².